The van der Waals surface area contributed by atoms with E-state index < -0.39 is 0 Å². The van der Waals surface area contributed by atoms with Gasteiger partial charge in [0.2, 0.25) is 0 Å². The predicted octanol–water partition coefficient (Wildman–Crippen LogP) is 9.06. The Labute approximate surface area is 201 Å². The van der Waals surface area contributed by atoms with Crippen LogP contribution in [0.15, 0.2) is 48.5 Å². The number of unbranched alkanes of at least 4 members (excludes halogenated alkanes) is 9. The van der Waals surface area contributed by atoms with Crippen molar-refractivity contribution >= 4 is 5.97 Å². The third-order valence-electron chi connectivity index (χ3n) is 6.13. The third-order valence-corrected chi connectivity index (χ3v) is 6.13. The van der Waals surface area contributed by atoms with Gasteiger partial charge in [0.05, 0.1) is 6.61 Å². The van der Waals surface area contributed by atoms with Crippen LogP contribution in [0.25, 0.3) is 11.1 Å². The highest BCUT2D eigenvalue weighted by atomic mass is 16.5. The molecule has 0 saturated heterocycles. The lowest BCUT2D eigenvalue weighted by molar-refractivity contribution is -0.148. The number of benzene rings is 2. The molecule has 0 radical (unpaired) electrons. The molecule has 1 unspecified atom stereocenters. The van der Waals surface area contributed by atoms with Crippen molar-refractivity contribution < 1.29 is 14.3 Å². The van der Waals surface area contributed by atoms with E-state index in [0.717, 1.165) is 48.3 Å². The van der Waals surface area contributed by atoms with Crippen LogP contribution in [0.4, 0.5) is 0 Å². The summed E-state index contributed by atoms with van der Waals surface area (Å²) in [7, 11) is 0. The Hall–Kier alpha value is -2.29. The topological polar surface area (TPSA) is 35.5 Å². The summed E-state index contributed by atoms with van der Waals surface area (Å²) in [5, 5.41) is 0. The molecule has 2 aromatic carbocycles. The molecule has 3 nitrogen and oxygen atoms in total. The van der Waals surface area contributed by atoms with Crippen LogP contribution in [0.2, 0.25) is 0 Å². The fraction of sp³-hybridized carbons (Fsp3) is 0.567. The van der Waals surface area contributed by atoms with E-state index in [-0.39, 0.29) is 12.1 Å². The number of hydrogen-bond donors (Lipinski definition) is 0. The smallest absolute Gasteiger partial charge is 0.306 e. The van der Waals surface area contributed by atoms with Gasteiger partial charge in [-0.25, -0.2) is 0 Å². The minimum absolute atomic E-state index is 0.119. The Bertz CT molecular complexity index is 764. The maximum Gasteiger partial charge on any atom is 0.306 e. The molecular formula is C30H44O3. The largest absolute Gasteiger partial charge is 0.494 e. The van der Waals surface area contributed by atoms with E-state index in [1.165, 1.54) is 51.4 Å². The van der Waals surface area contributed by atoms with Gasteiger partial charge in [-0.2, -0.15) is 0 Å². The molecule has 0 aliphatic carbocycles. The molecule has 0 amide bonds. The molecule has 0 heterocycles. The maximum absolute atomic E-state index is 11.9. The van der Waals surface area contributed by atoms with Crippen LogP contribution in [-0.2, 0) is 9.53 Å². The molecule has 0 aliphatic heterocycles. The summed E-state index contributed by atoms with van der Waals surface area (Å²) in [6.45, 7) is 7.06. The first-order valence-corrected chi connectivity index (χ1v) is 13.2. The Morgan fingerprint density at radius 3 is 1.79 bits per heavy atom. The number of carbonyl (C=O) groups excluding carboxylic acids is 1. The van der Waals surface area contributed by atoms with E-state index in [1.54, 1.807) is 0 Å². The van der Waals surface area contributed by atoms with Gasteiger partial charge in [-0.05, 0) is 48.6 Å². The van der Waals surface area contributed by atoms with Crippen molar-refractivity contribution in [2.45, 2.75) is 104 Å². The van der Waals surface area contributed by atoms with Crippen LogP contribution in [0, 0.1) is 0 Å². The van der Waals surface area contributed by atoms with Crippen LogP contribution < -0.4 is 4.74 Å². The molecule has 0 aliphatic rings. The summed E-state index contributed by atoms with van der Waals surface area (Å²) in [6, 6.07) is 16.6. The van der Waals surface area contributed by atoms with Gasteiger partial charge >= 0.3 is 5.97 Å². The third kappa shape index (κ3) is 10.9. The summed E-state index contributed by atoms with van der Waals surface area (Å²) in [6.07, 6.45) is 14.1. The van der Waals surface area contributed by atoms with Gasteiger partial charge in [-0.3, -0.25) is 4.79 Å². The van der Waals surface area contributed by atoms with Crippen molar-refractivity contribution in [1.29, 1.82) is 0 Å². The molecule has 0 bridgehead atoms. The molecule has 0 saturated carbocycles. The molecule has 0 fully saturated rings. The van der Waals surface area contributed by atoms with Crippen LogP contribution in [0.5, 0.6) is 5.75 Å². The van der Waals surface area contributed by atoms with Crippen molar-refractivity contribution in [2.24, 2.45) is 0 Å². The van der Waals surface area contributed by atoms with Gasteiger partial charge in [0.25, 0.3) is 0 Å². The van der Waals surface area contributed by atoms with Gasteiger partial charge in [0, 0.05) is 6.42 Å². The van der Waals surface area contributed by atoms with Crippen LogP contribution in [-0.4, -0.2) is 12.6 Å². The number of ether oxygens (including phenoxy) is 2. The predicted molar refractivity (Wildman–Crippen MR) is 139 cm³/mol. The van der Waals surface area contributed by atoms with E-state index in [1.807, 2.05) is 19.1 Å². The Morgan fingerprint density at radius 1 is 0.697 bits per heavy atom. The molecule has 3 heteroatoms. The van der Waals surface area contributed by atoms with Crippen molar-refractivity contribution in [3.8, 4) is 16.9 Å². The standard InChI is InChI=1S/C30H44O3/c1-4-6-8-9-10-11-12-13-14-24-32-29-22-20-28(21-23-29)27-18-16-26(17-19-27)25(3)33-30(31)15-7-5-2/h16-23,25H,4-15,24H2,1-3H3. The van der Waals surface area contributed by atoms with Gasteiger partial charge < -0.3 is 9.47 Å². The fourth-order valence-corrected chi connectivity index (χ4v) is 3.94. The van der Waals surface area contributed by atoms with Gasteiger partial charge in [-0.1, -0.05) is 108 Å². The first-order chi connectivity index (χ1) is 16.1. The number of carbonyl (C=O) groups is 1. The van der Waals surface area contributed by atoms with Gasteiger partial charge in [0.1, 0.15) is 11.9 Å². The summed E-state index contributed by atoms with van der Waals surface area (Å²) < 4.78 is 11.5. The second-order valence-corrected chi connectivity index (χ2v) is 9.06. The maximum atomic E-state index is 11.9. The average molecular weight is 453 g/mol. The lowest BCUT2D eigenvalue weighted by atomic mass is 10.0. The first-order valence-electron chi connectivity index (χ1n) is 13.2. The van der Waals surface area contributed by atoms with Crippen molar-refractivity contribution in [3.05, 3.63) is 54.1 Å². The molecule has 33 heavy (non-hydrogen) atoms. The van der Waals surface area contributed by atoms with Crippen LogP contribution >= 0.6 is 0 Å². The van der Waals surface area contributed by atoms with Gasteiger partial charge in [-0.15, -0.1) is 0 Å². The van der Waals surface area contributed by atoms with Crippen molar-refractivity contribution in [1.82, 2.24) is 0 Å². The fourth-order valence-electron chi connectivity index (χ4n) is 3.94. The van der Waals surface area contributed by atoms with Crippen LogP contribution in [0.1, 0.15) is 109 Å². The van der Waals surface area contributed by atoms with Crippen molar-refractivity contribution in [2.75, 3.05) is 6.61 Å². The molecule has 0 N–H and O–H groups in total. The highest BCUT2D eigenvalue weighted by molar-refractivity contribution is 5.69. The molecule has 1 atom stereocenters. The summed E-state index contributed by atoms with van der Waals surface area (Å²) in [4.78, 5) is 11.9. The minimum atomic E-state index is -0.222. The Balaban J connectivity index is 1.69. The normalized spacial score (nSPS) is 11.8. The zero-order valence-electron chi connectivity index (χ0n) is 21.1. The zero-order valence-corrected chi connectivity index (χ0v) is 21.1. The molecular weight excluding hydrogens is 408 g/mol. The first kappa shape index (κ1) is 27.0. The lowest BCUT2D eigenvalue weighted by Crippen LogP contribution is -2.08. The summed E-state index contributed by atoms with van der Waals surface area (Å²) in [5.41, 5.74) is 3.32. The monoisotopic (exact) mass is 452 g/mol. The van der Waals surface area contributed by atoms with Crippen molar-refractivity contribution in [3.63, 3.8) is 0 Å². The minimum Gasteiger partial charge on any atom is -0.494 e. The van der Waals surface area contributed by atoms with E-state index >= 15 is 0 Å². The lowest BCUT2D eigenvalue weighted by Gasteiger charge is -2.14. The van der Waals surface area contributed by atoms with E-state index in [4.69, 9.17) is 9.47 Å². The second kappa shape index (κ2) is 16.3. The molecule has 0 aromatic heterocycles. The highest BCUT2D eigenvalue weighted by Crippen LogP contribution is 2.26. The number of esters is 1. The molecule has 2 aromatic rings. The zero-order chi connectivity index (χ0) is 23.7. The Morgan fingerprint density at radius 2 is 1.21 bits per heavy atom. The second-order valence-electron chi connectivity index (χ2n) is 9.06. The summed E-state index contributed by atoms with van der Waals surface area (Å²) in [5.74, 6) is 0.814. The molecule has 182 valence electrons. The van der Waals surface area contributed by atoms with E-state index in [9.17, 15) is 4.79 Å². The molecule has 2 rings (SSSR count). The highest BCUT2D eigenvalue weighted by Gasteiger charge is 2.11. The van der Waals surface area contributed by atoms with Gasteiger partial charge in [0.15, 0.2) is 0 Å². The quantitative estimate of drug-likeness (QED) is 0.177. The number of rotatable bonds is 17. The number of hydrogen-bond acceptors (Lipinski definition) is 3. The average Bonchev–Trinajstić information content (AvgIpc) is 2.84. The van der Waals surface area contributed by atoms with E-state index in [0.29, 0.717) is 6.42 Å². The van der Waals surface area contributed by atoms with E-state index in [2.05, 4.69) is 50.2 Å². The summed E-state index contributed by atoms with van der Waals surface area (Å²) >= 11 is 0. The SMILES string of the molecule is CCCCCCCCCCCOc1ccc(-c2ccc(C(C)OC(=O)CCCC)cc2)cc1. The van der Waals surface area contributed by atoms with Crippen LogP contribution in [0.3, 0.4) is 0 Å². The Kier molecular flexibility index (Phi) is 13.4. The molecule has 0 spiro atoms.